The Bertz CT molecular complexity index is 508. The maximum Gasteiger partial charge on any atom is 0.329 e. The fourth-order valence-corrected chi connectivity index (χ4v) is 1.52. The van der Waals surface area contributed by atoms with E-state index in [1.54, 1.807) is 6.92 Å². The van der Waals surface area contributed by atoms with Crippen molar-refractivity contribution in [3.63, 3.8) is 0 Å². The van der Waals surface area contributed by atoms with Gasteiger partial charge in [-0.25, -0.2) is 4.79 Å². The van der Waals surface area contributed by atoms with Crippen LogP contribution in [0.25, 0.3) is 0 Å². The van der Waals surface area contributed by atoms with Gasteiger partial charge in [0.05, 0.1) is 0 Å². The number of hydrogen-bond donors (Lipinski definition) is 1. The molecule has 1 atom stereocenters. The first-order valence-corrected chi connectivity index (χ1v) is 5.55. The first-order chi connectivity index (χ1) is 7.16. The van der Waals surface area contributed by atoms with Gasteiger partial charge in [0, 0.05) is 11.6 Å². The van der Waals surface area contributed by atoms with Gasteiger partial charge in [-0.05, 0) is 19.3 Å². The second-order valence-corrected chi connectivity index (χ2v) is 5.46. The quantitative estimate of drug-likeness (QED) is 0.770. The smallest absolute Gasteiger partial charge is 0.297 e. The summed E-state index contributed by atoms with van der Waals surface area (Å²) >= 11 is 5.74. The summed E-state index contributed by atoms with van der Waals surface area (Å²) in [5, 5.41) is 0.118. The number of halogens is 1. The normalized spacial score (nSPS) is 13.9. The number of aromatic nitrogens is 2. The molecular formula is C11H17ClN2O2. The third kappa shape index (κ3) is 2.21. The predicted molar refractivity (Wildman–Crippen MR) is 65.2 cm³/mol. The van der Waals surface area contributed by atoms with Gasteiger partial charge in [0.25, 0.3) is 5.56 Å². The van der Waals surface area contributed by atoms with Crippen molar-refractivity contribution in [2.24, 2.45) is 5.41 Å². The van der Waals surface area contributed by atoms with Gasteiger partial charge in [-0.15, -0.1) is 0 Å². The summed E-state index contributed by atoms with van der Waals surface area (Å²) in [6.45, 7) is 9.39. The van der Waals surface area contributed by atoms with Gasteiger partial charge >= 0.3 is 5.69 Å². The van der Waals surface area contributed by atoms with Gasteiger partial charge in [-0.2, -0.15) is 0 Å². The molecule has 0 bridgehead atoms. The summed E-state index contributed by atoms with van der Waals surface area (Å²) in [7, 11) is 0. The largest absolute Gasteiger partial charge is 0.329 e. The topological polar surface area (TPSA) is 54.9 Å². The maximum atomic E-state index is 12.0. The lowest BCUT2D eigenvalue weighted by Gasteiger charge is -2.28. The molecular weight excluding hydrogens is 228 g/mol. The van der Waals surface area contributed by atoms with Gasteiger partial charge in [-0.3, -0.25) is 14.3 Å². The van der Waals surface area contributed by atoms with Crippen LogP contribution in [-0.2, 0) is 0 Å². The summed E-state index contributed by atoms with van der Waals surface area (Å²) < 4.78 is 1.22. The molecule has 16 heavy (non-hydrogen) atoms. The van der Waals surface area contributed by atoms with Crippen LogP contribution in [0, 0.1) is 12.3 Å². The first kappa shape index (κ1) is 13.0. The van der Waals surface area contributed by atoms with Crippen molar-refractivity contribution in [3.05, 3.63) is 31.6 Å². The fraction of sp³-hybridized carbons (Fsp3) is 0.636. The molecule has 0 amide bonds. The van der Waals surface area contributed by atoms with E-state index in [1.807, 2.05) is 27.7 Å². The van der Waals surface area contributed by atoms with E-state index < -0.39 is 5.69 Å². The van der Waals surface area contributed by atoms with Gasteiger partial charge in [0.1, 0.15) is 5.15 Å². The highest BCUT2D eigenvalue weighted by Crippen LogP contribution is 2.27. The lowest BCUT2D eigenvalue weighted by atomic mass is 9.88. The van der Waals surface area contributed by atoms with Gasteiger partial charge in [-0.1, -0.05) is 32.4 Å². The molecule has 0 fully saturated rings. The van der Waals surface area contributed by atoms with E-state index in [1.165, 1.54) is 4.57 Å². The minimum absolute atomic E-state index is 0.118. The van der Waals surface area contributed by atoms with E-state index in [0.717, 1.165) is 0 Å². The fourth-order valence-electron chi connectivity index (χ4n) is 1.35. The highest BCUT2D eigenvalue weighted by molar-refractivity contribution is 6.30. The number of hydrogen-bond acceptors (Lipinski definition) is 2. The zero-order valence-corrected chi connectivity index (χ0v) is 11.0. The molecule has 0 aliphatic rings. The second kappa shape index (κ2) is 4.09. The van der Waals surface area contributed by atoms with Crippen molar-refractivity contribution in [1.29, 1.82) is 0 Å². The van der Waals surface area contributed by atoms with Crippen molar-refractivity contribution < 1.29 is 0 Å². The number of aromatic amines is 1. The lowest BCUT2D eigenvalue weighted by Crippen LogP contribution is -2.42. The van der Waals surface area contributed by atoms with Gasteiger partial charge in [0.15, 0.2) is 0 Å². The van der Waals surface area contributed by atoms with Crippen LogP contribution in [0.3, 0.4) is 0 Å². The third-order valence-electron chi connectivity index (χ3n) is 2.94. The molecule has 1 aromatic heterocycles. The standard InChI is InChI=1S/C11H17ClN2O2/c1-6-8(12)13-10(16)14(9(6)15)7(2)11(3,4)5/h7H,1-5H3,(H,13,16). The van der Waals surface area contributed by atoms with E-state index in [0.29, 0.717) is 5.56 Å². The zero-order chi connectivity index (χ0) is 12.7. The van der Waals surface area contributed by atoms with Crippen molar-refractivity contribution in [2.45, 2.75) is 40.7 Å². The Morgan fingerprint density at radius 2 is 1.81 bits per heavy atom. The van der Waals surface area contributed by atoms with E-state index in [-0.39, 0.29) is 22.2 Å². The van der Waals surface area contributed by atoms with Crippen LogP contribution in [-0.4, -0.2) is 9.55 Å². The molecule has 0 spiro atoms. The molecule has 1 heterocycles. The number of nitrogens with zero attached hydrogens (tertiary/aromatic N) is 1. The minimum atomic E-state index is -0.456. The van der Waals surface area contributed by atoms with Crippen molar-refractivity contribution >= 4 is 11.6 Å². The summed E-state index contributed by atoms with van der Waals surface area (Å²) in [6, 6.07) is -0.195. The number of nitrogens with one attached hydrogen (secondary N) is 1. The van der Waals surface area contributed by atoms with Gasteiger partial charge in [0.2, 0.25) is 0 Å². The Balaban J connectivity index is 3.54. The average molecular weight is 245 g/mol. The van der Waals surface area contributed by atoms with Crippen LogP contribution in [0.15, 0.2) is 9.59 Å². The average Bonchev–Trinajstić information content (AvgIpc) is 2.13. The molecule has 1 rings (SSSR count). The molecule has 0 aliphatic carbocycles. The molecule has 4 nitrogen and oxygen atoms in total. The molecule has 1 unspecified atom stereocenters. The molecule has 1 aromatic rings. The third-order valence-corrected chi connectivity index (χ3v) is 3.32. The minimum Gasteiger partial charge on any atom is -0.297 e. The van der Waals surface area contributed by atoms with Crippen molar-refractivity contribution in [2.75, 3.05) is 0 Å². The number of H-pyrrole nitrogens is 1. The highest BCUT2D eigenvalue weighted by atomic mass is 35.5. The molecule has 5 heteroatoms. The molecule has 1 N–H and O–H groups in total. The maximum absolute atomic E-state index is 12.0. The summed E-state index contributed by atoms with van der Waals surface area (Å²) in [5.74, 6) is 0. The Morgan fingerprint density at radius 3 is 2.25 bits per heavy atom. The van der Waals surface area contributed by atoms with Crippen LogP contribution in [0.2, 0.25) is 5.15 Å². The Hall–Kier alpha value is -1.03. The molecule has 0 radical (unpaired) electrons. The first-order valence-electron chi connectivity index (χ1n) is 5.17. The molecule has 0 saturated heterocycles. The van der Waals surface area contributed by atoms with Gasteiger partial charge < -0.3 is 0 Å². The lowest BCUT2D eigenvalue weighted by molar-refractivity contribution is 0.249. The Morgan fingerprint density at radius 1 is 1.31 bits per heavy atom. The molecule has 0 aliphatic heterocycles. The SMILES string of the molecule is Cc1c(Cl)[nH]c(=O)n(C(C)C(C)(C)C)c1=O. The van der Waals surface area contributed by atoms with Crippen LogP contribution in [0.1, 0.15) is 39.3 Å². The van der Waals surface area contributed by atoms with Crippen LogP contribution in [0.5, 0.6) is 0 Å². The summed E-state index contributed by atoms with van der Waals surface area (Å²) in [6.07, 6.45) is 0. The highest BCUT2D eigenvalue weighted by Gasteiger charge is 2.25. The number of rotatable bonds is 1. The van der Waals surface area contributed by atoms with Crippen LogP contribution < -0.4 is 11.2 Å². The van der Waals surface area contributed by atoms with E-state index >= 15 is 0 Å². The zero-order valence-electron chi connectivity index (χ0n) is 10.2. The summed E-state index contributed by atoms with van der Waals surface area (Å²) in [4.78, 5) is 26.2. The van der Waals surface area contributed by atoms with E-state index in [9.17, 15) is 9.59 Å². The molecule has 0 saturated carbocycles. The van der Waals surface area contributed by atoms with Crippen molar-refractivity contribution in [3.8, 4) is 0 Å². The van der Waals surface area contributed by atoms with Crippen LogP contribution in [0.4, 0.5) is 0 Å². The van der Waals surface area contributed by atoms with Crippen molar-refractivity contribution in [1.82, 2.24) is 9.55 Å². The van der Waals surface area contributed by atoms with E-state index in [4.69, 9.17) is 11.6 Å². The second-order valence-electron chi connectivity index (χ2n) is 5.09. The Labute approximate surface area is 99.3 Å². The molecule has 0 aromatic carbocycles. The Kier molecular flexibility index (Phi) is 3.33. The molecule has 90 valence electrons. The summed E-state index contributed by atoms with van der Waals surface area (Å²) in [5.41, 5.74) is -0.576. The van der Waals surface area contributed by atoms with E-state index in [2.05, 4.69) is 4.98 Å². The van der Waals surface area contributed by atoms with Crippen LogP contribution >= 0.6 is 11.6 Å². The monoisotopic (exact) mass is 244 g/mol. The predicted octanol–water partition coefficient (Wildman–Crippen LogP) is 2.11.